The van der Waals surface area contributed by atoms with Gasteiger partial charge in [-0.2, -0.15) is 0 Å². The van der Waals surface area contributed by atoms with E-state index in [2.05, 4.69) is 19.2 Å². The maximum atomic E-state index is 11.6. The average Bonchev–Trinajstić information content (AvgIpc) is 3.05. The first-order valence-corrected chi connectivity index (χ1v) is 8.77. The Morgan fingerprint density at radius 1 is 1.18 bits per heavy atom. The molecule has 4 heteroatoms. The zero-order chi connectivity index (χ0) is 12.5. The molecule has 1 N–H and O–H groups in total. The molecule has 2 rings (SSSR count). The molecule has 2 fully saturated rings. The van der Waals surface area contributed by atoms with Gasteiger partial charge >= 0.3 is 0 Å². The van der Waals surface area contributed by atoms with Crippen LogP contribution in [0.15, 0.2) is 0 Å². The molecule has 0 radical (unpaired) electrons. The Morgan fingerprint density at radius 2 is 1.82 bits per heavy atom. The van der Waals surface area contributed by atoms with Crippen molar-refractivity contribution in [1.29, 1.82) is 0 Å². The predicted octanol–water partition coefficient (Wildman–Crippen LogP) is 1.98. The summed E-state index contributed by atoms with van der Waals surface area (Å²) in [5, 5.41) is 3.61. The van der Waals surface area contributed by atoms with Gasteiger partial charge in [-0.15, -0.1) is 0 Å². The summed E-state index contributed by atoms with van der Waals surface area (Å²) in [6, 6.07) is 0.713. The van der Waals surface area contributed by atoms with Crippen molar-refractivity contribution in [1.82, 2.24) is 5.32 Å². The van der Waals surface area contributed by atoms with Crippen molar-refractivity contribution < 1.29 is 8.42 Å². The van der Waals surface area contributed by atoms with E-state index in [1.54, 1.807) is 0 Å². The van der Waals surface area contributed by atoms with E-state index in [0.717, 1.165) is 25.8 Å². The van der Waals surface area contributed by atoms with Gasteiger partial charge in [0, 0.05) is 12.6 Å². The lowest BCUT2D eigenvalue weighted by Crippen LogP contribution is -2.41. The van der Waals surface area contributed by atoms with Gasteiger partial charge in [0.1, 0.15) is 0 Å². The molecule has 0 amide bonds. The Balaban J connectivity index is 2.03. The summed E-state index contributed by atoms with van der Waals surface area (Å²) in [6.07, 6.45) is 5.64. The molecule has 1 aliphatic carbocycles. The van der Waals surface area contributed by atoms with Crippen molar-refractivity contribution in [3.63, 3.8) is 0 Å². The Bertz CT molecular complexity index is 356. The quantitative estimate of drug-likeness (QED) is 0.793. The Kier molecular flexibility index (Phi) is 3.83. The van der Waals surface area contributed by atoms with E-state index >= 15 is 0 Å². The van der Waals surface area contributed by atoms with Crippen molar-refractivity contribution >= 4 is 9.84 Å². The van der Waals surface area contributed by atoms with Gasteiger partial charge in [-0.1, -0.05) is 13.8 Å². The standard InChI is InChI=1S/C13H25NO2S/c1-3-13(4-2,10-14-12-5-6-12)11-7-8-17(15,16)9-11/h11-12,14H,3-10H2,1-2H3. The second kappa shape index (κ2) is 4.88. The van der Waals surface area contributed by atoms with Gasteiger partial charge in [0.25, 0.3) is 0 Å². The smallest absolute Gasteiger partial charge is 0.150 e. The van der Waals surface area contributed by atoms with Crippen LogP contribution in [0.3, 0.4) is 0 Å². The van der Waals surface area contributed by atoms with Gasteiger partial charge in [-0.25, -0.2) is 8.42 Å². The second-order valence-corrected chi connectivity index (χ2v) is 8.05. The molecular formula is C13H25NO2S. The van der Waals surface area contributed by atoms with Crippen molar-refractivity contribution in [2.24, 2.45) is 11.3 Å². The number of sulfone groups is 1. The van der Waals surface area contributed by atoms with Crippen LogP contribution < -0.4 is 5.32 Å². The fraction of sp³-hybridized carbons (Fsp3) is 1.00. The summed E-state index contributed by atoms with van der Waals surface area (Å²) in [7, 11) is -2.75. The highest BCUT2D eigenvalue weighted by molar-refractivity contribution is 7.91. The third-order valence-corrected chi connectivity index (χ3v) is 6.59. The summed E-state index contributed by atoms with van der Waals surface area (Å²) < 4.78 is 23.3. The van der Waals surface area contributed by atoms with Gasteiger partial charge < -0.3 is 5.32 Å². The molecule has 1 heterocycles. The zero-order valence-electron chi connectivity index (χ0n) is 11.0. The minimum atomic E-state index is -2.75. The Morgan fingerprint density at radius 3 is 2.24 bits per heavy atom. The fourth-order valence-electron chi connectivity index (χ4n) is 3.13. The summed E-state index contributed by atoms with van der Waals surface area (Å²) in [4.78, 5) is 0. The van der Waals surface area contributed by atoms with E-state index < -0.39 is 9.84 Å². The van der Waals surface area contributed by atoms with Crippen molar-refractivity contribution in [2.75, 3.05) is 18.1 Å². The number of hydrogen-bond donors (Lipinski definition) is 1. The van der Waals surface area contributed by atoms with Crippen LogP contribution in [0.2, 0.25) is 0 Å². The van der Waals surface area contributed by atoms with Crippen LogP contribution in [-0.2, 0) is 9.84 Å². The highest BCUT2D eigenvalue weighted by atomic mass is 32.2. The molecule has 1 aliphatic heterocycles. The molecule has 1 saturated heterocycles. The summed E-state index contributed by atoms with van der Waals surface area (Å²) in [6.45, 7) is 5.43. The molecule has 17 heavy (non-hydrogen) atoms. The van der Waals surface area contributed by atoms with Crippen LogP contribution in [-0.4, -0.2) is 32.5 Å². The van der Waals surface area contributed by atoms with Crippen LogP contribution in [0, 0.1) is 11.3 Å². The van der Waals surface area contributed by atoms with Gasteiger partial charge in [-0.3, -0.25) is 0 Å². The molecule has 100 valence electrons. The monoisotopic (exact) mass is 259 g/mol. The highest BCUT2D eigenvalue weighted by Crippen LogP contribution is 2.41. The lowest BCUT2D eigenvalue weighted by atomic mass is 9.71. The van der Waals surface area contributed by atoms with Crippen LogP contribution in [0.4, 0.5) is 0 Å². The first kappa shape index (κ1) is 13.3. The lowest BCUT2D eigenvalue weighted by molar-refractivity contribution is 0.154. The summed E-state index contributed by atoms with van der Waals surface area (Å²) in [5.41, 5.74) is 0.201. The summed E-state index contributed by atoms with van der Waals surface area (Å²) >= 11 is 0. The Labute approximate surface area is 105 Å². The van der Waals surface area contributed by atoms with E-state index in [4.69, 9.17) is 0 Å². The largest absolute Gasteiger partial charge is 0.313 e. The second-order valence-electron chi connectivity index (χ2n) is 5.82. The van der Waals surface area contributed by atoms with E-state index in [1.165, 1.54) is 12.8 Å². The van der Waals surface area contributed by atoms with Gasteiger partial charge in [0.15, 0.2) is 9.84 Å². The molecule has 1 atom stereocenters. The van der Waals surface area contributed by atoms with E-state index in [0.29, 0.717) is 23.5 Å². The molecule has 0 bridgehead atoms. The van der Waals surface area contributed by atoms with E-state index in [-0.39, 0.29) is 5.41 Å². The fourth-order valence-corrected chi connectivity index (χ4v) is 5.08. The first-order valence-electron chi connectivity index (χ1n) is 6.95. The molecular weight excluding hydrogens is 234 g/mol. The molecule has 3 nitrogen and oxygen atoms in total. The minimum Gasteiger partial charge on any atom is -0.313 e. The SMILES string of the molecule is CCC(CC)(CNC1CC1)C1CCS(=O)(=O)C1. The van der Waals surface area contributed by atoms with Crippen molar-refractivity contribution in [3.8, 4) is 0 Å². The maximum absolute atomic E-state index is 11.6. The number of rotatable bonds is 6. The predicted molar refractivity (Wildman–Crippen MR) is 70.8 cm³/mol. The molecule has 1 unspecified atom stereocenters. The molecule has 0 aromatic rings. The maximum Gasteiger partial charge on any atom is 0.150 e. The molecule has 2 aliphatic rings. The topological polar surface area (TPSA) is 46.2 Å². The normalized spacial score (nSPS) is 28.5. The number of hydrogen-bond acceptors (Lipinski definition) is 3. The van der Waals surface area contributed by atoms with Gasteiger partial charge in [-0.05, 0) is 43.4 Å². The van der Waals surface area contributed by atoms with Crippen LogP contribution in [0.25, 0.3) is 0 Å². The first-order chi connectivity index (χ1) is 8.01. The van der Waals surface area contributed by atoms with Crippen LogP contribution in [0.5, 0.6) is 0 Å². The molecule has 0 aromatic heterocycles. The summed E-state index contributed by atoms with van der Waals surface area (Å²) in [5.74, 6) is 1.19. The lowest BCUT2D eigenvalue weighted by Gasteiger charge is -2.37. The van der Waals surface area contributed by atoms with Crippen LogP contribution in [0.1, 0.15) is 46.0 Å². The third-order valence-electron chi connectivity index (χ3n) is 4.83. The van der Waals surface area contributed by atoms with E-state index in [9.17, 15) is 8.42 Å². The minimum absolute atomic E-state index is 0.201. The zero-order valence-corrected chi connectivity index (χ0v) is 11.9. The van der Waals surface area contributed by atoms with Gasteiger partial charge in [0.05, 0.1) is 11.5 Å². The third kappa shape index (κ3) is 3.02. The van der Waals surface area contributed by atoms with Crippen molar-refractivity contribution in [2.45, 2.75) is 52.0 Å². The average molecular weight is 259 g/mol. The highest BCUT2D eigenvalue weighted by Gasteiger charge is 2.42. The Hall–Kier alpha value is -0.0900. The molecule has 0 aromatic carbocycles. The van der Waals surface area contributed by atoms with E-state index in [1.807, 2.05) is 0 Å². The van der Waals surface area contributed by atoms with Crippen molar-refractivity contribution in [3.05, 3.63) is 0 Å². The van der Waals surface area contributed by atoms with Crippen LogP contribution >= 0.6 is 0 Å². The number of nitrogens with one attached hydrogen (secondary N) is 1. The molecule has 0 spiro atoms. The van der Waals surface area contributed by atoms with Gasteiger partial charge in [0.2, 0.25) is 0 Å². The molecule has 1 saturated carbocycles.